The van der Waals surface area contributed by atoms with Gasteiger partial charge in [0.05, 0.1) is 6.20 Å². The fraction of sp³-hybridized carbons (Fsp3) is 0.200. The monoisotopic (exact) mass is 162 g/mol. The number of H-pyrrole nitrogens is 1. The smallest absolute Gasteiger partial charge is 0.298 e. The summed E-state index contributed by atoms with van der Waals surface area (Å²) in [6.07, 6.45) is -1.71. The number of nitrogens with zero attached hydrogens (tertiary/aromatic N) is 1. The maximum atomic E-state index is 11.9. The van der Waals surface area contributed by atoms with E-state index in [0.717, 1.165) is 6.20 Å². The number of rotatable bonds is 3. The fourth-order valence-corrected chi connectivity index (χ4v) is 0.587. The highest BCUT2D eigenvalue weighted by molar-refractivity contribution is 5.45. The zero-order valence-corrected chi connectivity index (χ0v) is 5.25. The van der Waals surface area contributed by atoms with Crippen LogP contribution in [0, 0.1) is 0 Å². The molecule has 0 aliphatic rings. The van der Waals surface area contributed by atoms with Crippen molar-refractivity contribution in [1.82, 2.24) is 10.2 Å². The zero-order valence-electron chi connectivity index (χ0n) is 5.25. The summed E-state index contributed by atoms with van der Waals surface area (Å²) in [5.41, 5.74) is -0.489. The minimum Gasteiger partial charge on any atom is -0.425 e. The molecule has 0 saturated heterocycles. The number of hydrogen-bond acceptors (Lipinski definition) is 3. The number of ether oxygens (including phenoxy) is 1. The molecule has 60 valence electrons. The molecule has 0 aromatic carbocycles. The average molecular weight is 162 g/mol. The van der Waals surface area contributed by atoms with E-state index in [4.69, 9.17) is 0 Å². The van der Waals surface area contributed by atoms with E-state index in [9.17, 15) is 13.6 Å². The van der Waals surface area contributed by atoms with E-state index in [1.807, 2.05) is 5.10 Å². The van der Waals surface area contributed by atoms with Gasteiger partial charge in [0.1, 0.15) is 5.69 Å². The third-order valence-electron chi connectivity index (χ3n) is 1.03. The highest BCUT2D eigenvalue weighted by Crippen LogP contribution is 2.25. The number of aromatic amines is 1. The number of hydrogen-bond donors (Lipinski definition) is 1. The minimum absolute atomic E-state index is 0.0662. The Labute approximate surface area is 60.2 Å². The molecule has 0 bridgehead atoms. The normalized spacial score (nSPS) is 10.1. The SMILES string of the molecule is O=COc1cn[nH]c1C(F)F. The third kappa shape index (κ3) is 1.51. The Morgan fingerprint density at radius 2 is 2.45 bits per heavy atom. The van der Waals surface area contributed by atoms with Gasteiger partial charge in [-0.2, -0.15) is 5.10 Å². The Balaban J connectivity index is 2.86. The highest BCUT2D eigenvalue weighted by atomic mass is 19.3. The second kappa shape index (κ2) is 3.09. The Hall–Kier alpha value is -1.46. The molecule has 1 aromatic heterocycles. The van der Waals surface area contributed by atoms with E-state index in [1.54, 1.807) is 0 Å². The Kier molecular flexibility index (Phi) is 2.15. The highest BCUT2D eigenvalue weighted by Gasteiger charge is 2.15. The molecule has 0 amide bonds. The summed E-state index contributed by atoms with van der Waals surface area (Å²) in [6.45, 7) is 0.0662. The number of alkyl halides is 2. The maximum Gasteiger partial charge on any atom is 0.298 e. The van der Waals surface area contributed by atoms with Gasteiger partial charge in [0.2, 0.25) is 0 Å². The number of nitrogens with one attached hydrogen (secondary N) is 1. The van der Waals surface area contributed by atoms with Crippen molar-refractivity contribution < 1.29 is 18.3 Å². The molecular formula is C5H4F2N2O2. The summed E-state index contributed by atoms with van der Waals surface area (Å²) in [7, 11) is 0. The summed E-state index contributed by atoms with van der Waals surface area (Å²) in [5.74, 6) is -0.241. The van der Waals surface area contributed by atoms with Gasteiger partial charge in [-0.1, -0.05) is 0 Å². The maximum absolute atomic E-state index is 11.9. The van der Waals surface area contributed by atoms with Crippen LogP contribution in [0.25, 0.3) is 0 Å². The lowest BCUT2D eigenvalue weighted by Crippen LogP contribution is -1.92. The molecule has 0 spiro atoms. The second-order valence-corrected chi connectivity index (χ2v) is 1.66. The van der Waals surface area contributed by atoms with Gasteiger partial charge in [0.15, 0.2) is 5.75 Å². The molecule has 0 fully saturated rings. The van der Waals surface area contributed by atoms with Gasteiger partial charge in [-0.05, 0) is 0 Å². The molecule has 1 heterocycles. The van der Waals surface area contributed by atoms with Crippen molar-refractivity contribution in [2.75, 3.05) is 0 Å². The summed E-state index contributed by atoms with van der Waals surface area (Å²) in [4.78, 5) is 9.74. The first-order valence-electron chi connectivity index (χ1n) is 2.67. The van der Waals surface area contributed by atoms with Crippen molar-refractivity contribution >= 4 is 6.47 Å². The van der Waals surface area contributed by atoms with Gasteiger partial charge in [-0.25, -0.2) is 8.78 Å². The quantitative estimate of drug-likeness (QED) is 0.671. The standard InChI is InChI=1S/C5H4F2N2O2/c6-5(7)4-3(11-2-10)1-8-9-4/h1-2,5H,(H,8,9). The molecule has 0 unspecified atom stereocenters. The second-order valence-electron chi connectivity index (χ2n) is 1.66. The van der Waals surface area contributed by atoms with Gasteiger partial charge >= 0.3 is 0 Å². The van der Waals surface area contributed by atoms with Crippen molar-refractivity contribution in [2.45, 2.75) is 6.43 Å². The van der Waals surface area contributed by atoms with E-state index in [-0.39, 0.29) is 12.2 Å². The fourth-order valence-electron chi connectivity index (χ4n) is 0.587. The van der Waals surface area contributed by atoms with Gasteiger partial charge in [0, 0.05) is 0 Å². The largest absolute Gasteiger partial charge is 0.425 e. The van der Waals surface area contributed by atoms with Crippen molar-refractivity contribution in [2.24, 2.45) is 0 Å². The lowest BCUT2D eigenvalue weighted by molar-refractivity contribution is -0.120. The number of aromatic nitrogens is 2. The summed E-state index contributed by atoms with van der Waals surface area (Å²) < 4.78 is 28.0. The van der Waals surface area contributed by atoms with Crippen molar-refractivity contribution in [3.63, 3.8) is 0 Å². The first-order valence-corrected chi connectivity index (χ1v) is 2.67. The van der Waals surface area contributed by atoms with E-state index >= 15 is 0 Å². The number of carbonyl (C=O) groups is 1. The van der Waals surface area contributed by atoms with E-state index < -0.39 is 12.1 Å². The Morgan fingerprint density at radius 1 is 1.73 bits per heavy atom. The topological polar surface area (TPSA) is 55.0 Å². The van der Waals surface area contributed by atoms with Crippen LogP contribution >= 0.6 is 0 Å². The van der Waals surface area contributed by atoms with Crippen LogP contribution in [0.15, 0.2) is 6.20 Å². The van der Waals surface area contributed by atoms with Crippen LogP contribution in [-0.4, -0.2) is 16.7 Å². The minimum atomic E-state index is -2.72. The average Bonchev–Trinajstić information content (AvgIpc) is 2.36. The van der Waals surface area contributed by atoms with Crippen LogP contribution in [0.5, 0.6) is 5.75 Å². The number of carbonyl (C=O) groups excluding carboxylic acids is 1. The van der Waals surface area contributed by atoms with Crippen molar-refractivity contribution in [3.05, 3.63) is 11.9 Å². The predicted molar refractivity (Wildman–Crippen MR) is 30.2 cm³/mol. The molecule has 0 atom stereocenters. The first-order chi connectivity index (χ1) is 5.25. The molecule has 0 saturated carbocycles. The molecule has 1 N–H and O–H groups in total. The third-order valence-corrected chi connectivity index (χ3v) is 1.03. The molecule has 11 heavy (non-hydrogen) atoms. The summed E-state index contributed by atoms with van der Waals surface area (Å²) >= 11 is 0. The van der Waals surface area contributed by atoms with Crippen LogP contribution in [0.1, 0.15) is 12.1 Å². The van der Waals surface area contributed by atoms with Gasteiger partial charge in [-0.3, -0.25) is 9.89 Å². The van der Waals surface area contributed by atoms with Gasteiger partial charge < -0.3 is 4.74 Å². The molecular weight excluding hydrogens is 158 g/mol. The Bertz CT molecular complexity index is 248. The van der Waals surface area contributed by atoms with Crippen molar-refractivity contribution in [3.8, 4) is 5.75 Å². The Morgan fingerprint density at radius 3 is 3.00 bits per heavy atom. The molecule has 4 nitrogen and oxygen atoms in total. The van der Waals surface area contributed by atoms with Crippen LogP contribution in [0.3, 0.4) is 0 Å². The molecule has 0 aliphatic heterocycles. The molecule has 0 radical (unpaired) electrons. The van der Waals surface area contributed by atoms with Crippen LogP contribution in [0.2, 0.25) is 0 Å². The zero-order chi connectivity index (χ0) is 8.27. The number of halogens is 2. The van der Waals surface area contributed by atoms with Crippen LogP contribution in [0.4, 0.5) is 8.78 Å². The van der Waals surface area contributed by atoms with Gasteiger partial charge in [-0.15, -0.1) is 0 Å². The summed E-state index contributed by atoms with van der Waals surface area (Å²) in [6, 6.07) is 0. The van der Waals surface area contributed by atoms with Gasteiger partial charge in [0.25, 0.3) is 12.9 Å². The molecule has 1 aromatic rings. The van der Waals surface area contributed by atoms with E-state index in [2.05, 4.69) is 9.84 Å². The molecule has 6 heteroatoms. The first kappa shape index (κ1) is 7.64. The molecule has 1 rings (SSSR count). The predicted octanol–water partition coefficient (Wildman–Crippen LogP) is 0.882. The van der Waals surface area contributed by atoms with Crippen LogP contribution in [-0.2, 0) is 4.79 Å². The van der Waals surface area contributed by atoms with E-state index in [1.165, 1.54) is 0 Å². The summed E-state index contributed by atoms with van der Waals surface area (Å²) in [5, 5.41) is 5.28. The van der Waals surface area contributed by atoms with Crippen molar-refractivity contribution in [1.29, 1.82) is 0 Å². The lowest BCUT2D eigenvalue weighted by Gasteiger charge is -1.96. The van der Waals surface area contributed by atoms with Crippen LogP contribution < -0.4 is 4.74 Å². The lowest BCUT2D eigenvalue weighted by atomic mass is 10.4. The molecule has 0 aliphatic carbocycles. The van der Waals surface area contributed by atoms with E-state index in [0.29, 0.717) is 0 Å².